The minimum Gasteiger partial charge on any atom is -0.478 e. The number of pyridine rings is 1. The average molecular weight is 262 g/mol. The van der Waals surface area contributed by atoms with Crippen molar-refractivity contribution in [3.63, 3.8) is 0 Å². The van der Waals surface area contributed by atoms with Gasteiger partial charge in [-0.15, -0.1) is 0 Å². The molecule has 0 bridgehead atoms. The van der Waals surface area contributed by atoms with Crippen molar-refractivity contribution < 1.29 is 19.0 Å². The van der Waals surface area contributed by atoms with Crippen molar-refractivity contribution in [1.82, 2.24) is 4.98 Å². The topological polar surface area (TPSA) is 85.4 Å². The Labute approximate surface area is 107 Å². The Morgan fingerprint density at radius 2 is 2.32 bits per heavy atom. The minimum absolute atomic E-state index is 0.190. The number of aromatic carboxylic acids is 1. The Morgan fingerprint density at radius 3 is 3.00 bits per heavy atom. The van der Waals surface area contributed by atoms with E-state index in [4.69, 9.17) is 15.6 Å². The molecule has 1 aromatic heterocycles. The van der Waals surface area contributed by atoms with Gasteiger partial charge in [-0.2, -0.15) is 0 Å². The largest absolute Gasteiger partial charge is 0.478 e. The maximum Gasteiger partial charge on any atom is 0.338 e. The molecule has 0 saturated heterocycles. The van der Waals surface area contributed by atoms with Crippen molar-refractivity contribution in [3.8, 4) is 0 Å². The zero-order valence-electron chi connectivity index (χ0n) is 10.1. The molecule has 0 amide bonds. The van der Waals surface area contributed by atoms with Gasteiger partial charge in [0.15, 0.2) is 0 Å². The molecule has 1 aliphatic heterocycles. The molecule has 1 aromatic carbocycles. The number of nitrogens with two attached hydrogens (primary N) is 1. The third-order valence-electron chi connectivity index (χ3n) is 3.37. The van der Waals surface area contributed by atoms with Gasteiger partial charge < -0.3 is 15.6 Å². The van der Waals surface area contributed by atoms with Gasteiger partial charge in [0.25, 0.3) is 0 Å². The molecule has 0 radical (unpaired) electrons. The highest BCUT2D eigenvalue weighted by Crippen LogP contribution is 2.38. The monoisotopic (exact) mass is 262 g/mol. The maximum absolute atomic E-state index is 13.6. The van der Waals surface area contributed by atoms with Crippen molar-refractivity contribution in [1.29, 1.82) is 0 Å². The Balaban J connectivity index is 2.39. The SMILES string of the molecule is C[C@@H]1OCc2c1c(N)nc1cc(F)c(C(=O)O)cc21. The van der Waals surface area contributed by atoms with E-state index < -0.39 is 11.8 Å². The molecule has 2 heterocycles. The molecule has 0 spiro atoms. The number of benzene rings is 1. The van der Waals surface area contributed by atoms with E-state index in [9.17, 15) is 9.18 Å². The van der Waals surface area contributed by atoms with Crippen molar-refractivity contribution in [2.75, 3.05) is 5.73 Å². The molecule has 0 unspecified atom stereocenters. The van der Waals surface area contributed by atoms with E-state index in [2.05, 4.69) is 4.98 Å². The Bertz CT molecular complexity index is 715. The molecule has 98 valence electrons. The Hall–Kier alpha value is -2.21. The number of hydrogen-bond donors (Lipinski definition) is 2. The van der Waals surface area contributed by atoms with Crippen LogP contribution >= 0.6 is 0 Å². The smallest absolute Gasteiger partial charge is 0.338 e. The van der Waals surface area contributed by atoms with Crippen LogP contribution in [0.1, 0.15) is 34.5 Å². The average Bonchev–Trinajstić information content (AvgIpc) is 2.71. The van der Waals surface area contributed by atoms with Gasteiger partial charge in [-0.3, -0.25) is 0 Å². The summed E-state index contributed by atoms with van der Waals surface area (Å²) >= 11 is 0. The summed E-state index contributed by atoms with van der Waals surface area (Å²) in [5.74, 6) is -1.83. The third kappa shape index (κ3) is 1.64. The molecule has 2 aromatic rings. The van der Waals surface area contributed by atoms with Crippen molar-refractivity contribution >= 4 is 22.7 Å². The van der Waals surface area contributed by atoms with Crippen LogP contribution in [0.3, 0.4) is 0 Å². The first-order valence-electron chi connectivity index (χ1n) is 5.75. The second-order valence-electron chi connectivity index (χ2n) is 4.50. The van der Waals surface area contributed by atoms with Gasteiger partial charge in [-0.05, 0) is 18.6 Å². The molecule has 1 atom stereocenters. The Kier molecular flexibility index (Phi) is 2.43. The standard InChI is InChI=1S/C13H11FN2O3/c1-5-11-8(4-19-5)6-2-7(13(17)18)9(14)3-10(6)16-12(11)15/h2-3,5H,4H2,1H3,(H2,15,16)(H,17,18)/t5-/m0/s1. The lowest BCUT2D eigenvalue weighted by Crippen LogP contribution is -2.04. The highest BCUT2D eigenvalue weighted by Gasteiger charge is 2.26. The van der Waals surface area contributed by atoms with Crippen LogP contribution in [0.25, 0.3) is 10.9 Å². The summed E-state index contributed by atoms with van der Waals surface area (Å²) in [5.41, 5.74) is 7.37. The van der Waals surface area contributed by atoms with E-state index in [1.54, 1.807) is 0 Å². The number of fused-ring (bicyclic) bond motifs is 3. The highest BCUT2D eigenvalue weighted by molar-refractivity contribution is 5.95. The van der Waals surface area contributed by atoms with Crippen molar-refractivity contribution in [3.05, 3.63) is 34.6 Å². The van der Waals surface area contributed by atoms with Gasteiger partial charge in [-0.1, -0.05) is 0 Å². The second kappa shape index (κ2) is 3.89. The van der Waals surface area contributed by atoms with Gasteiger partial charge in [0.2, 0.25) is 0 Å². The number of halogens is 1. The van der Waals surface area contributed by atoms with Crippen LogP contribution in [-0.2, 0) is 11.3 Å². The van der Waals surface area contributed by atoms with E-state index in [0.29, 0.717) is 23.3 Å². The molecule has 3 rings (SSSR count). The summed E-state index contributed by atoms with van der Waals surface area (Å²) in [6.07, 6.45) is -0.190. The molecule has 0 fully saturated rings. The highest BCUT2D eigenvalue weighted by atomic mass is 19.1. The van der Waals surface area contributed by atoms with Crippen LogP contribution in [0, 0.1) is 5.82 Å². The molecule has 6 heteroatoms. The van der Waals surface area contributed by atoms with Crippen LogP contribution in [0.4, 0.5) is 10.2 Å². The number of carbonyl (C=O) groups is 1. The second-order valence-corrected chi connectivity index (χ2v) is 4.50. The number of ether oxygens (including phenoxy) is 1. The van der Waals surface area contributed by atoms with E-state index in [0.717, 1.165) is 17.2 Å². The summed E-state index contributed by atoms with van der Waals surface area (Å²) in [7, 11) is 0. The number of nitrogen functional groups attached to an aromatic ring is 1. The first-order chi connectivity index (χ1) is 8.99. The lowest BCUT2D eigenvalue weighted by molar-refractivity contribution is 0.0692. The van der Waals surface area contributed by atoms with Gasteiger partial charge in [0.1, 0.15) is 11.6 Å². The zero-order chi connectivity index (χ0) is 13.7. The molecule has 1 aliphatic rings. The maximum atomic E-state index is 13.6. The first kappa shape index (κ1) is 11.9. The summed E-state index contributed by atoms with van der Waals surface area (Å²) in [4.78, 5) is 15.1. The quantitative estimate of drug-likeness (QED) is 0.823. The summed E-state index contributed by atoms with van der Waals surface area (Å²) in [6.45, 7) is 2.17. The van der Waals surface area contributed by atoms with Crippen LogP contribution in [-0.4, -0.2) is 16.1 Å². The fourth-order valence-electron chi connectivity index (χ4n) is 2.45. The molecule has 19 heavy (non-hydrogen) atoms. The van der Waals surface area contributed by atoms with Crippen LogP contribution < -0.4 is 5.73 Å². The van der Waals surface area contributed by atoms with Crippen LogP contribution in [0.2, 0.25) is 0 Å². The number of carboxylic acids is 1. The normalized spacial score (nSPS) is 17.7. The lowest BCUT2D eigenvalue weighted by Gasteiger charge is -2.10. The number of aromatic nitrogens is 1. The number of anilines is 1. The number of nitrogens with zero attached hydrogens (tertiary/aromatic N) is 1. The third-order valence-corrected chi connectivity index (χ3v) is 3.37. The number of rotatable bonds is 1. The molecular weight excluding hydrogens is 251 g/mol. The lowest BCUT2D eigenvalue weighted by atomic mass is 10.00. The van der Waals surface area contributed by atoms with Crippen molar-refractivity contribution in [2.24, 2.45) is 0 Å². The number of carboxylic acid groups (broad SMARTS) is 1. The summed E-state index contributed by atoms with van der Waals surface area (Å²) in [5, 5.41) is 9.54. The minimum atomic E-state index is -1.31. The Morgan fingerprint density at radius 1 is 1.58 bits per heavy atom. The fraction of sp³-hybridized carbons (Fsp3) is 0.231. The molecule has 0 aliphatic carbocycles. The van der Waals surface area contributed by atoms with E-state index in [-0.39, 0.29) is 11.7 Å². The molecular formula is C13H11FN2O3. The van der Waals surface area contributed by atoms with Gasteiger partial charge in [0.05, 0.1) is 23.8 Å². The predicted molar refractivity (Wildman–Crippen MR) is 66.3 cm³/mol. The van der Waals surface area contributed by atoms with E-state index in [1.807, 2.05) is 6.92 Å². The fourth-order valence-corrected chi connectivity index (χ4v) is 2.45. The van der Waals surface area contributed by atoms with E-state index >= 15 is 0 Å². The first-order valence-corrected chi connectivity index (χ1v) is 5.75. The number of hydrogen-bond acceptors (Lipinski definition) is 4. The van der Waals surface area contributed by atoms with Crippen molar-refractivity contribution in [2.45, 2.75) is 19.6 Å². The molecule has 3 N–H and O–H groups in total. The van der Waals surface area contributed by atoms with Gasteiger partial charge >= 0.3 is 5.97 Å². The summed E-state index contributed by atoms with van der Waals surface area (Å²) < 4.78 is 19.1. The predicted octanol–water partition coefficient (Wildman–Crippen LogP) is 2.25. The van der Waals surface area contributed by atoms with Gasteiger partial charge in [0, 0.05) is 17.0 Å². The summed E-state index contributed by atoms with van der Waals surface area (Å²) in [6, 6.07) is 2.39. The molecule has 5 nitrogen and oxygen atoms in total. The van der Waals surface area contributed by atoms with Gasteiger partial charge in [-0.25, -0.2) is 14.2 Å². The van der Waals surface area contributed by atoms with Crippen LogP contribution in [0.5, 0.6) is 0 Å². The van der Waals surface area contributed by atoms with E-state index in [1.165, 1.54) is 6.07 Å². The zero-order valence-corrected chi connectivity index (χ0v) is 10.1. The van der Waals surface area contributed by atoms with Crippen LogP contribution in [0.15, 0.2) is 12.1 Å². The molecule has 0 saturated carbocycles.